The maximum absolute atomic E-state index is 14.1. The number of nitrogens with zero attached hydrogens (tertiary/aromatic N) is 4. The van der Waals surface area contributed by atoms with Crippen molar-refractivity contribution in [1.82, 2.24) is 9.88 Å². The molecule has 4 rings (SSSR count). The third-order valence-corrected chi connectivity index (χ3v) is 9.48. The lowest BCUT2D eigenvalue weighted by atomic mass is 9.97. The lowest BCUT2D eigenvalue weighted by molar-refractivity contribution is -0.152. The van der Waals surface area contributed by atoms with E-state index in [4.69, 9.17) is 27.9 Å². The van der Waals surface area contributed by atoms with E-state index in [1.807, 2.05) is 33.3 Å². The Bertz CT molecular complexity index is 1860. The Labute approximate surface area is 287 Å². The number of hydrogen-bond acceptors (Lipinski definition) is 8. The Balaban J connectivity index is 1.69. The number of sulfonamides is 1. The lowest BCUT2D eigenvalue weighted by Gasteiger charge is -2.27. The predicted molar refractivity (Wildman–Crippen MR) is 189 cm³/mol. The van der Waals surface area contributed by atoms with Gasteiger partial charge in [0.05, 0.1) is 10.6 Å². The molecule has 0 bridgehead atoms. The molecule has 1 heterocycles. The molecule has 0 fully saturated rings. The second-order valence-electron chi connectivity index (χ2n) is 12.6. The van der Waals surface area contributed by atoms with E-state index in [1.54, 1.807) is 63.4 Å². The number of pyridine rings is 1. The van der Waals surface area contributed by atoms with E-state index in [2.05, 4.69) is 14.8 Å². The number of carbonyl (C=O) groups is 2. The zero-order chi connectivity index (χ0) is 34.5. The van der Waals surface area contributed by atoms with Crippen molar-refractivity contribution in [1.29, 1.82) is 0 Å². The van der Waals surface area contributed by atoms with Gasteiger partial charge in [0.1, 0.15) is 18.0 Å². The SMILES string of the molecule is CN(C)CCN(C)c1cc(CCC(=O)c2cccc3c(N(CC(=O)OC(C)(C)C)S(=O)(=O)c4cc(Cl)cc(Cl)c4)cccc23)ccn1. The van der Waals surface area contributed by atoms with Gasteiger partial charge in [-0.25, -0.2) is 13.4 Å². The zero-order valence-corrected chi connectivity index (χ0v) is 29.8. The van der Waals surface area contributed by atoms with E-state index in [0.29, 0.717) is 22.8 Å². The fourth-order valence-electron chi connectivity index (χ4n) is 5.03. The van der Waals surface area contributed by atoms with Gasteiger partial charge >= 0.3 is 5.97 Å². The molecule has 0 unspecified atom stereocenters. The normalized spacial score (nSPS) is 11.9. The van der Waals surface area contributed by atoms with Gasteiger partial charge in [0.25, 0.3) is 10.0 Å². The first-order valence-corrected chi connectivity index (χ1v) is 17.3. The molecule has 0 aliphatic heterocycles. The highest BCUT2D eigenvalue weighted by atomic mass is 35.5. The first-order chi connectivity index (χ1) is 22.0. The van der Waals surface area contributed by atoms with Gasteiger partial charge in [-0.05, 0) is 88.6 Å². The standard InChI is InChI=1S/C35H40Cl2N4O5S/c1-35(2,3)46-34(43)23-41(47(44,45)27-21-25(36)20-26(37)22-27)31-12-8-9-28-29(31)10-7-11-30(28)32(42)14-13-24-15-16-38-33(19-24)40(6)18-17-39(4)5/h7-12,15-16,19-22H,13-14,17-18,23H2,1-6H3. The Morgan fingerprint density at radius 2 is 1.53 bits per heavy atom. The van der Waals surface area contributed by atoms with Crippen molar-refractivity contribution < 1.29 is 22.7 Å². The van der Waals surface area contributed by atoms with Crippen LogP contribution in [0.15, 0.2) is 77.8 Å². The van der Waals surface area contributed by atoms with E-state index < -0.39 is 28.1 Å². The van der Waals surface area contributed by atoms with Crippen molar-refractivity contribution in [2.24, 2.45) is 0 Å². The summed E-state index contributed by atoms with van der Waals surface area (Å²) in [5.74, 6) is -0.0170. The van der Waals surface area contributed by atoms with Crippen molar-refractivity contribution in [2.75, 3.05) is 50.0 Å². The van der Waals surface area contributed by atoms with Gasteiger partial charge in [0.2, 0.25) is 0 Å². The number of rotatable bonds is 13. The number of halogens is 2. The topological polar surface area (TPSA) is 100 Å². The third kappa shape index (κ3) is 9.44. The van der Waals surface area contributed by atoms with E-state index in [1.165, 1.54) is 18.2 Å². The van der Waals surface area contributed by atoms with Crippen LogP contribution in [-0.4, -0.2) is 76.4 Å². The summed E-state index contributed by atoms with van der Waals surface area (Å²) >= 11 is 12.3. The second-order valence-corrected chi connectivity index (χ2v) is 15.3. The molecular weight excluding hydrogens is 659 g/mol. The van der Waals surface area contributed by atoms with Gasteiger partial charge in [0.15, 0.2) is 5.78 Å². The van der Waals surface area contributed by atoms with Crippen molar-refractivity contribution in [3.63, 3.8) is 0 Å². The van der Waals surface area contributed by atoms with E-state index >= 15 is 0 Å². The highest BCUT2D eigenvalue weighted by Crippen LogP contribution is 2.35. The number of benzene rings is 3. The van der Waals surface area contributed by atoms with Crippen molar-refractivity contribution in [2.45, 2.75) is 44.1 Å². The molecule has 0 N–H and O–H groups in total. The van der Waals surface area contributed by atoms with Crippen molar-refractivity contribution >= 4 is 67.3 Å². The molecule has 0 saturated heterocycles. The summed E-state index contributed by atoms with van der Waals surface area (Å²) in [7, 11) is 1.65. The molecule has 4 aromatic rings. The van der Waals surface area contributed by atoms with Crippen molar-refractivity contribution in [3.05, 3.63) is 94.1 Å². The van der Waals surface area contributed by atoms with E-state index in [9.17, 15) is 18.0 Å². The van der Waals surface area contributed by atoms with Crippen LogP contribution in [0, 0.1) is 0 Å². The molecule has 250 valence electrons. The number of hydrogen-bond donors (Lipinski definition) is 0. The number of likely N-dealkylation sites (N-methyl/N-ethyl adjacent to an activating group) is 2. The number of aromatic nitrogens is 1. The molecule has 0 aliphatic rings. The lowest BCUT2D eigenvalue weighted by Crippen LogP contribution is -2.39. The molecule has 47 heavy (non-hydrogen) atoms. The molecule has 0 spiro atoms. The molecule has 0 saturated carbocycles. The number of ketones is 1. The molecular formula is C35H40Cl2N4O5S. The van der Waals surface area contributed by atoms with Gasteiger partial charge in [-0.15, -0.1) is 0 Å². The van der Waals surface area contributed by atoms with Gasteiger partial charge in [-0.3, -0.25) is 13.9 Å². The summed E-state index contributed by atoms with van der Waals surface area (Å²) in [6, 6.07) is 18.0. The Kier molecular flexibility index (Phi) is 11.6. The smallest absolute Gasteiger partial charge is 0.327 e. The van der Waals surface area contributed by atoms with Crippen LogP contribution in [0.4, 0.5) is 11.5 Å². The first kappa shape index (κ1) is 36.1. The Morgan fingerprint density at radius 3 is 2.19 bits per heavy atom. The first-order valence-electron chi connectivity index (χ1n) is 15.1. The molecule has 0 radical (unpaired) electrons. The minimum Gasteiger partial charge on any atom is -0.459 e. The average Bonchev–Trinajstić information content (AvgIpc) is 2.99. The number of Topliss-reactive ketones (excluding diaryl/α,β-unsaturated/α-hetero) is 1. The monoisotopic (exact) mass is 698 g/mol. The fourth-order valence-corrected chi connectivity index (χ4v) is 7.19. The largest absolute Gasteiger partial charge is 0.459 e. The number of esters is 1. The second kappa shape index (κ2) is 15.0. The van der Waals surface area contributed by atoms with Crippen LogP contribution in [0.25, 0.3) is 10.8 Å². The quantitative estimate of drug-likeness (QED) is 0.110. The van der Waals surface area contributed by atoms with Crippen LogP contribution < -0.4 is 9.21 Å². The van der Waals surface area contributed by atoms with Crippen molar-refractivity contribution in [3.8, 4) is 0 Å². The molecule has 0 aliphatic carbocycles. The predicted octanol–water partition coefficient (Wildman–Crippen LogP) is 6.89. The summed E-state index contributed by atoms with van der Waals surface area (Å²) in [5.41, 5.74) is 0.790. The zero-order valence-electron chi connectivity index (χ0n) is 27.5. The van der Waals surface area contributed by atoms with Gasteiger partial charge in [-0.1, -0.05) is 53.5 Å². The number of carbonyl (C=O) groups excluding carboxylic acids is 2. The van der Waals surface area contributed by atoms with E-state index in [0.717, 1.165) is 28.8 Å². The number of aryl methyl sites for hydroxylation is 1. The van der Waals surface area contributed by atoms with Crippen LogP contribution >= 0.6 is 23.2 Å². The van der Waals surface area contributed by atoms with Gasteiger partial charge in [0, 0.05) is 53.7 Å². The molecule has 9 nitrogen and oxygen atoms in total. The third-order valence-electron chi connectivity index (χ3n) is 7.31. The Hall–Kier alpha value is -3.70. The number of anilines is 2. The maximum Gasteiger partial charge on any atom is 0.327 e. The minimum atomic E-state index is -4.37. The van der Waals surface area contributed by atoms with Crippen LogP contribution in [0.1, 0.15) is 43.1 Å². The highest BCUT2D eigenvalue weighted by Gasteiger charge is 2.31. The fraction of sp³-hybridized carbons (Fsp3) is 0.343. The molecule has 12 heteroatoms. The number of ether oxygens (including phenoxy) is 1. The van der Waals surface area contributed by atoms with Crippen LogP contribution in [0.5, 0.6) is 0 Å². The summed E-state index contributed by atoms with van der Waals surface area (Å²) in [5, 5.41) is 1.29. The highest BCUT2D eigenvalue weighted by molar-refractivity contribution is 7.93. The summed E-state index contributed by atoms with van der Waals surface area (Å²) in [6.45, 7) is 6.18. The van der Waals surface area contributed by atoms with E-state index in [-0.39, 0.29) is 32.8 Å². The Morgan fingerprint density at radius 1 is 0.872 bits per heavy atom. The van der Waals surface area contributed by atoms with Crippen LogP contribution in [-0.2, 0) is 26.0 Å². The van der Waals surface area contributed by atoms with Gasteiger partial charge < -0.3 is 14.5 Å². The van der Waals surface area contributed by atoms with Gasteiger partial charge in [-0.2, -0.15) is 0 Å². The maximum atomic E-state index is 14.1. The molecule has 1 aromatic heterocycles. The average molecular weight is 700 g/mol. The molecule has 0 atom stereocenters. The summed E-state index contributed by atoms with van der Waals surface area (Å²) in [4.78, 5) is 35.2. The summed E-state index contributed by atoms with van der Waals surface area (Å²) < 4.78 is 34.7. The molecule has 3 aromatic carbocycles. The number of fused-ring (bicyclic) bond motifs is 1. The van der Waals surface area contributed by atoms with Crippen LogP contribution in [0.2, 0.25) is 10.0 Å². The minimum absolute atomic E-state index is 0.102. The molecule has 0 amide bonds. The summed E-state index contributed by atoms with van der Waals surface area (Å²) in [6.07, 6.45) is 2.48. The van der Waals surface area contributed by atoms with Crippen LogP contribution in [0.3, 0.4) is 0 Å².